The second kappa shape index (κ2) is 7.73. The molecule has 126 valence electrons. The standard InChI is InChI=1S/C16H29N3O3/c20-11-10-17-6-8-18(9-7-17)16(21)15-2-1-5-19(15)14-3-12-22-13-4-14/h14-15,20H,1-13H2. The summed E-state index contributed by atoms with van der Waals surface area (Å²) in [4.78, 5) is 19.6. The van der Waals surface area contributed by atoms with Crippen molar-refractivity contribution < 1.29 is 14.6 Å². The molecule has 0 aromatic rings. The van der Waals surface area contributed by atoms with Crippen molar-refractivity contribution in [2.24, 2.45) is 0 Å². The highest BCUT2D eigenvalue weighted by molar-refractivity contribution is 5.82. The van der Waals surface area contributed by atoms with Gasteiger partial charge in [-0.3, -0.25) is 14.6 Å². The van der Waals surface area contributed by atoms with Gasteiger partial charge in [0.2, 0.25) is 5.91 Å². The number of likely N-dealkylation sites (tertiary alicyclic amines) is 1. The van der Waals surface area contributed by atoms with Crippen molar-refractivity contribution in [2.75, 3.05) is 59.1 Å². The summed E-state index contributed by atoms with van der Waals surface area (Å²) in [6.07, 6.45) is 4.27. The fraction of sp³-hybridized carbons (Fsp3) is 0.938. The highest BCUT2D eigenvalue weighted by atomic mass is 16.5. The summed E-state index contributed by atoms with van der Waals surface area (Å²) in [5, 5.41) is 9.01. The summed E-state index contributed by atoms with van der Waals surface area (Å²) in [5.41, 5.74) is 0. The molecule has 1 N–H and O–H groups in total. The Morgan fingerprint density at radius 2 is 1.77 bits per heavy atom. The molecule has 0 aromatic heterocycles. The minimum Gasteiger partial charge on any atom is -0.395 e. The Labute approximate surface area is 133 Å². The molecule has 3 fully saturated rings. The van der Waals surface area contributed by atoms with Crippen LogP contribution in [-0.2, 0) is 9.53 Å². The molecule has 3 aliphatic heterocycles. The van der Waals surface area contributed by atoms with Crippen LogP contribution in [0.4, 0.5) is 0 Å². The van der Waals surface area contributed by atoms with Crippen LogP contribution in [0.25, 0.3) is 0 Å². The van der Waals surface area contributed by atoms with Crippen LogP contribution in [0.1, 0.15) is 25.7 Å². The summed E-state index contributed by atoms with van der Waals surface area (Å²) < 4.78 is 5.46. The number of carbonyl (C=O) groups is 1. The molecule has 0 aromatic carbocycles. The van der Waals surface area contributed by atoms with Gasteiger partial charge >= 0.3 is 0 Å². The lowest BCUT2D eigenvalue weighted by molar-refractivity contribution is -0.139. The SMILES string of the molecule is O=C(C1CCCN1C1CCOCC1)N1CCN(CCO)CC1. The van der Waals surface area contributed by atoms with E-state index in [2.05, 4.69) is 9.80 Å². The average Bonchev–Trinajstić information content (AvgIpc) is 3.06. The number of carbonyl (C=O) groups excluding carboxylic acids is 1. The Bertz CT molecular complexity index is 366. The molecule has 3 saturated heterocycles. The van der Waals surface area contributed by atoms with E-state index in [1.54, 1.807) is 0 Å². The Kier molecular flexibility index (Phi) is 5.68. The zero-order valence-corrected chi connectivity index (χ0v) is 13.5. The Morgan fingerprint density at radius 3 is 2.45 bits per heavy atom. The van der Waals surface area contributed by atoms with Gasteiger partial charge in [-0.15, -0.1) is 0 Å². The molecule has 0 aliphatic carbocycles. The maximum Gasteiger partial charge on any atom is 0.240 e. The largest absolute Gasteiger partial charge is 0.395 e. The average molecular weight is 311 g/mol. The fourth-order valence-electron chi connectivity index (χ4n) is 4.05. The number of aliphatic hydroxyl groups excluding tert-OH is 1. The number of amides is 1. The summed E-state index contributed by atoms with van der Waals surface area (Å²) >= 11 is 0. The summed E-state index contributed by atoms with van der Waals surface area (Å²) in [6.45, 7) is 7.03. The van der Waals surface area contributed by atoms with Gasteiger partial charge in [0.25, 0.3) is 0 Å². The first kappa shape index (κ1) is 16.2. The molecule has 0 bridgehead atoms. The van der Waals surface area contributed by atoms with Crippen LogP contribution in [0, 0.1) is 0 Å². The third-order valence-electron chi connectivity index (χ3n) is 5.34. The molecular formula is C16H29N3O3. The van der Waals surface area contributed by atoms with Gasteiger partial charge in [-0.2, -0.15) is 0 Å². The van der Waals surface area contributed by atoms with E-state index < -0.39 is 0 Å². The summed E-state index contributed by atoms with van der Waals surface area (Å²) in [6, 6.07) is 0.619. The van der Waals surface area contributed by atoms with Gasteiger partial charge < -0.3 is 14.7 Å². The van der Waals surface area contributed by atoms with Crippen LogP contribution in [-0.4, -0.2) is 96.9 Å². The van der Waals surface area contributed by atoms with E-state index in [0.717, 1.165) is 78.2 Å². The number of ether oxygens (including phenoxy) is 1. The van der Waals surface area contributed by atoms with Crippen molar-refractivity contribution in [3.63, 3.8) is 0 Å². The minimum atomic E-state index is 0.0903. The molecule has 3 heterocycles. The van der Waals surface area contributed by atoms with E-state index in [9.17, 15) is 4.79 Å². The maximum atomic E-state index is 12.9. The van der Waals surface area contributed by atoms with Crippen molar-refractivity contribution in [3.8, 4) is 0 Å². The lowest BCUT2D eigenvalue weighted by Gasteiger charge is -2.39. The summed E-state index contributed by atoms with van der Waals surface area (Å²) in [7, 11) is 0. The number of β-amino-alcohol motifs (C(OH)–C–C–N with tert-alkyl or cyclic N) is 1. The Balaban J connectivity index is 1.54. The molecule has 6 heteroatoms. The van der Waals surface area contributed by atoms with Gasteiger partial charge in [0.1, 0.15) is 0 Å². The molecule has 1 amide bonds. The van der Waals surface area contributed by atoms with Crippen LogP contribution in [0.2, 0.25) is 0 Å². The highest BCUT2D eigenvalue weighted by Gasteiger charge is 2.38. The van der Waals surface area contributed by atoms with E-state index >= 15 is 0 Å². The number of nitrogens with zero attached hydrogens (tertiary/aromatic N) is 3. The minimum absolute atomic E-state index is 0.0903. The molecule has 1 atom stereocenters. The molecule has 0 spiro atoms. The molecule has 0 radical (unpaired) electrons. The number of hydrogen-bond donors (Lipinski definition) is 1. The molecule has 1 unspecified atom stereocenters. The number of rotatable bonds is 4. The highest BCUT2D eigenvalue weighted by Crippen LogP contribution is 2.26. The third-order valence-corrected chi connectivity index (χ3v) is 5.34. The first-order chi connectivity index (χ1) is 10.8. The number of piperazine rings is 1. The van der Waals surface area contributed by atoms with Crippen LogP contribution in [0.3, 0.4) is 0 Å². The van der Waals surface area contributed by atoms with Crippen molar-refractivity contribution in [1.82, 2.24) is 14.7 Å². The fourth-order valence-corrected chi connectivity index (χ4v) is 4.05. The molecular weight excluding hydrogens is 282 g/mol. The van der Waals surface area contributed by atoms with Gasteiger partial charge in [0, 0.05) is 52.0 Å². The van der Waals surface area contributed by atoms with Crippen LogP contribution < -0.4 is 0 Å². The van der Waals surface area contributed by atoms with E-state index in [4.69, 9.17) is 9.84 Å². The van der Waals surface area contributed by atoms with Crippen molar-refractivity contribution in [1.29, 1.82) is 0 Å². The first-order valence-corrected chi connectivity index (χ1v) is 8.75. The zero-order valence-electron chi connectivity index (χ0n) is 13.5. The summed E-state index contributed by atoms with van der Waals surface area (Å²) in [5.74, 6) is 0.327. The maximum absolute atomic E-state index is 12.9. The molecule has 3 rings (SSSR count). The van der Waals surface area contributed by atoms with E-state index in [1.165, 1.54) is 0 Å². The van der Waals surface area contributed by atoms with Gasteiger partial charge in [-0.25, -0.2) is 0 Å². The Morgan fingerprint density at radius 1 is 1.05 bits per heavy atom. The normalized spacial score (nSPS) is 29.1. The van der Waals surface area contributed by atoms with E-state index in [-0.39, 0.29) is 12.6 Å². The number of hydrogen-bond acceptors (Lipinski definition) is 5. The lowest BCUT2D eigenvalue weighted by atomic mass is 10.0. The second-order valence-electron chi connectivity index (χ2n) is 6.63. The van der Waals surface area contributed by atoms with E-state index in [0.29, 0.717) is 11.9 Å². The smallest absolute Gasteiger partial charge is 0.240 e. The molecule has 6 nitrogen and oxygen atoms in total. The number of aliphatic hydroxyl groups is 1. The van der Waals surface area contributed by atoms with Gasteiger partial charge in [0.15, 0.2) is 0 Å². The molecule has 3 aliphatic rings. The molecule has 22 heavy (non-hydrogen) atoms. The monoisotopic (exact) mass is 311 g/mol. The van der Waals surface area contributed by atoms with Crippen LogP contribution in [0.15, 0.2) is 0 Å². The van der Waals surface area contributed by atoms with Crippen LogP contribution >= 0.6 is 0 Å². The lowest BCUT2D eigenvalue weighted by Crippen LogP contribution is -2.55. The van der Waals surface area contributed by atoms with E-state index in [1.807, 2.05) is 4.90 Å². The van der Waals surface area contributed by atoms with Crippen molar-refractivity contribution in [2.45, 2.75) is 37.8 Å². The first-order valence-electron chi connectivity index (χ1n) is 8.75. The molecule has 0 saturated carbocycles. The van der Waals surface area contributed by atoms with Crippen molar-refractivity contribution >= 4 is 5.91 Å². The zero-order chi connectivity index (χ0) is 15.4. The predicted octanol–water partition coefficient (Wildman–Crippen LogP) is -0.234. The topological polar surface area (TPSA) is 56.2 Å². The Hall–Kier alpha value is -0.690. The van der Waals surface area contributed by atoms with Gasteiger partial charge in [0.05, 0.1) is 12.6 Å². The quantitative estimate of drug-likeness (QED) is 0.777. The predicted molar refractivity (Wildman–Crippen MR) is 83.7 cm³/mol. The van der Waals surface area contributed by atoms with Crippen LogP contribution in [0.5, 0.6) is 0 Å². The third kappa shape index (κ3) is 3.62. The van der Waals surface area contributed by atoms with Gasteiger partial charge in [-0.1, -0.05) is 0 Å². The van der Waals surface area contributed by atoms with Crippen molar-refractivity contribution in [3.05, 3.63) is 0 Å². The second-order valence-corrected chi connectivity index (χ2v) is 6.63. The van der Waals surface area contributed by atoms with Gasteiger partial charge in [-0.05, 0) is 32.2 Å².